The van der Waals surface area contributed by atoms with Gasteiger partial charge in [0.05, 0.1) is 24.5 Å². The number of nitrogens with zero attached hydrogens (tertiary/aromatic N) is 5. The Morgan fingerprint density at radius 1 is 1.32 bits per heavy atom. The summed E-state index contributed by atoms with van der Waals surface area (Å²) in [4.78, 5) is 0. The van der Waals surface area contributed by atoms with E-state index in [2.05, 4.69) is 27.7 Å². The molecule has 7 nitrogen and oxygen atoms in total. The van der Waals surface area contributed by atoms with Crippen LogP contribution in [-0.4, -0.2) is 36.5 Å². The summed E-state index contributed by atoms with van der Waals surface area (Å²) in [5, 5.41) is 24.5. The summed E-state index contributed by atoms with van der Waals surface area (Å²) in [5.74, 6) is 0. The van der Waals surface area contributed by atoms with Crippen LogP contribution in [0.1, 0.15) is 22.6 Å². The highest BCUT2D eigenvalue weighted by atomic mass is 16.3. The number of aryl methyl sites for hydroxylation is 2. The van der Waals surface area contributed by atoms with Crippen molar-refractivity contribution in [3.05, 3.63) is 28.8 Å². The van der Waals surface area contributed by atoms with Crippen LogP contribution in [0.4, 0.5) is 0 Å². The second-order valence-electron chi connectivity index (χ2n) is 4.57. The van der Waals surface area contributed by atoms with Crippen LogP contribution in [0.2, 0.25) is 0 Å². The first-order valence-corrected chi connectivity index (χ1v) is 6.31. The van der Waals surface area contributed by atoms with Gasteiger partial charge in [-0.25, -0.2) is 4.68 Å². The highest BCUT2D eigenvalue weighted by molar-refractivity contribution is 5.24. The molecular formula is C12H20N6O. The lowest BCUT2D eigenvalue weighted by molar-refractivity contribution is 0.268. The van der Waals surface area contributed by atoms with E-state index in [0.717, 1.165) is 17.9 Å². The Morgan fingerprint density at radius 3 is 2.74 bits per heavy atom. The molecular weight excluding hydrogens is 244 g/mol. The van der Waals surface area contributed by atoms with Gasteiger partial charge in [0.2, 0.25) is 0 Å². The minimum Gasteiger partial charge on any atom is -0.394 e. The molecule has 0 saturated heterocycles. The van der Waals surface area contributed by atoms with Gasteiger partial charge in [-0.1, -0.05) is 5.21 Å². The SMILES string of the molecule is Cc1nn(C)c(C)c1CNCc1cn(CCO)nn1. The second kappa shape index (κ2) is 5.94. The van der Waals surface area contributed by atoms with E-state index >= 15 is 0 Å². The molecule has 7 heteroatoms. The molecule has 0 fully saturated rings. The third-order valence-corrected chi connectivity index (χ3v) is 3.18. The standard InChI is InChI=1S/C12H20N6O/c1-9-12(10(2)17(3)15-9)7-13-6-11-8-18(4-5-19)16-14-11/h8,13,19H,4-7H2,1-3H3. The molecule has 0 saturated carbocycles. The fourth-order valence-corrected chi connectivity index (χ4v) is 2.02. The van der Waals surface area contributed by atoms with Crippen LogP contribution in [-0.2, 0) is 26.7 Å². The highest BCUT2D eigenvalue weighted by Crippen LogP contribution is 2.11. The molecule has 0 aliphatic rings. The summed E-state index contributed by atoms with van der Waals surface area (Å²) in [6.07, 6.45) is 1.84. The van der Waals surface area contributed by atoms with Gasteiger partial charge in [-0.15, -0.1) is 5.10 Å². The van der Waals surface area contributed by atoms with Gasteiger partial charge in [-0.3, -0.25) is 4.68 Å². The molecule has 2 aromatic rings. The molecule has 0 aliphatic heterocycles. The van der Waals surface area contributed by atoms with Crippen LogP contribution in [0, 0.1) is 13.8 Å². The van der Waals surface area contributed by atoms with Gasteiger partial charge in [0.15, 0.2) is 0 Å². The quantitative estimate of drug-likeness (QED) is 0.762. The van der Waals surface area contributed by atoms with Crippen LogP contribution in [0.25, 0.3) is 0 Å². The maximum Gasteiger partial charge on any atom is 0.0964 e. The van der Waals surface area contributed by atoms with Gasteiger partial charge >= 0.3 is 0 Å². The van der Waals surface area contributed by atoms with Crippen molar-refractivity contribution in [1.82, 2.24) is 30.1 Å². The van der Waals surface area contributed by atoms with Crippen molar-refractivity contribution in [2.24, 2.45) is 7.05 Å². The first-order chi connectivity index (χ1) is 9.11. The van der Waals surface area contributed by atoms with Crippen molar-refractivity contribution in [3.8, 4) is 0 Å². The van der Waals surface area contributed by atoms with Crippen LogP contribution in [0.15, 0.2) is 6.20 Å². The Labute approximate surface area is 112 Å². The van der Waals surface area contributed by atoms with E-state index in [0.29, 0.717) is 13.1 Å². The average molecular weight is 264 g/mol. The summed E-state index contributed by atoms with van der Waals surface area (Å²) in [5.41, 5.74) is 4.32. The van der Waals surface area contributed by atoms with Crippen molar-refractivity contribution in [1.29, 1.82) is 0 Å². The molecule has 0 aliphatic carbocycles. The minimum absolute atomic E-state index is 0.0737. The Balaban J connectivity index is 1.89. The Bertz CT molecular complexity index is 544. The molecule has 0 bridgehead atoms. The maximum absolute atomic E-state index is 8.80. The number of rotatable bonds is 6. The summed E-state index contributed by atoms with van der Waals surface area (Å²) in [7, 11) is 1.95. The lowest BCUT2D eigenvalue weighted by atomic mass is 10.2. The summed E-state index contributed by atoms with van der Waals surface area (Å²) in [6.45, 7) is 6.05. The summed E-state index contributed by atoms with van der Waals surface area (Å²) >= 11 is 0. The van der Waals surface area contributed by atoms with E-state index in [1.165, 1.54) is 11.3 Å². The number of aliphatic hydroxyl groups excluding tert-OH is 1. The molecule has 0 atom stereocenters. The van der Waals surface area contributed by atoms with Gasteiger partial charge in [-0.05, 0) is 13.8 Å². The van der Waals surface area contributed by atoms with Gasteiger partial charge in [-0.2, -0.15) is 5.10 Å². The Morgan fingerprint density at radius 2 is 2.11 bits per heavy atom. The number of aromatic nitrogens is 5. The van der Waals surface area contributed by atoms with E-state index in [4.69, 9.17) is 5.11 Å². The molecule has 0 amide bonds. The Kier molecular flexibility index (Phi) is 4.28. The number of nitrogens with one attached hydrogen (secondary N) is 1. The predicted octanol–water partition coefficient (Wildman–Crippen LogP) is -0.0895. The summed E-state index contributed by atoms with van der Waals surface area (Å²) in [6, 6.07) is 0. The molecule has 19 heavy (non-hydrogen) atoms. The minimum atomic E-state index is 0.0737. The van der Waals surface area contributed by atoms with Crippen LogP contribution in [0.5, 0.6) is 0 Å². The summed E-state index contributed by atoms with van der Waals surface area (Å²) < 4.78 is 3.53. The van der Waals surface area contributed by atoms with E-state index in [-0.39, 0.29) is 6.61 Å². The molecule has 2 aromatic heterocycles. The first-order valence-electron chi connectivity index (χ1n) is 6.31. The smallest absolute Gasteiger partial charge is 0.0964 e. The van der Waals surface area contributed by atoms with Gasteiger partial charge in [0.1, 0.15) is 0 Å². The largest absolute Gasteiger partial charge is 0.394 e. The fourth-order valence-electron chi connectivity index (χ4n) is 2.02. The first kappa shape index (κ1) is 13.7. The molecule has 0 radical (unpaired) electrons. The van der Waals surface area contributed by atoms with Crippen LogP contribution in [0.3, 0.4) is 0 Å². The third-order valence-electron chi connectivity index (χ3n) is 3.18. The molecule has 104 valence electrons. The Hall–Kier alpha value is -1.73. The predicted molar refractivity (Wildman–Crippen MR) is 70.3 cm³/mol. The zero-order valence-corrected chi connectivity index (χ0v) is 11.6. The molecule has 2 N–H and O–H groups in total. The van der Waals surface area contributed by atoms with Crippen molar-refractivity contribution >= 4 is 0 Å². The molecule has 2 rings (SSSR count). The lowest BCUT2D eigenvalue weighted by Gasteiger charge is -2.03. The van der Waals surface area contributed by atoms with E-state index in [1.54, 1.807) is 4.68 Å². The highest BCUT2D eigenvalue weighted by Gasteiger charge is 2.09. The monoisotopic (exact) mass is 264 g/mol. The van der Waals surface area contributed by atoms with Crippen LogP contribution >= 0.6 is 0 Å². The van der Waals surface area contributed by atoms with Gasteiger partial charge in [0, 0.05) is 37.6 Å². The van der Waals surface area contributed by atoms with Gasteiger partial charge in [0.25, 0.3) is 0 Å². The zero-order chi connectivity index (χ0) is 13.8. The number of aliphatic hydroxyl groups is 1. The van der Waals surface area contributed by atoms with E-state index in [1.807, 2.05) is 24.9 Å². The molecule has 0 aromatic carbocycles. The fraction of sp³-hybridized carbons (Fsp3) is 0.583. The number of hydrogen-bond acceptors (Lipinski definition) is 5. The average Bonchev–Trinajstić information content (AvgIpc) is 2.90. The molecule has 0 spiro atoms. The van der Waals surface area contributed by atoms with Crippen molar-refractivity contribution in [3.63, 3.8) is 0 Å². The van der Waals surface area contributed by atoms with Crippen molar-refractivity contribution < 1.29 is 5.11 Å². The lowest BCUT2D eigenvalue weighted by Crippen LogP contribution is -2.14. The topological polar surface area (TPSA) is 80.8 Å². The maximum atomic E-state index is 8.80. The van der Waals surface area contributed by atoms with Crippen molar-refractivity contribution in [2.75, 3.05) is 6.61 Å². The molecule has 0 unspecified atom stereocenters. The normalized spacial score (nSPS) is 11.2. The van der Waals surface area contributed by atoms with E-state index < -0.39 is 0 Å². The van der Waals surface area contributed by atoms with Gasteiger partial charge < -0.3 is 10.4 Å². The third kappa shape index (κ3) is 3.18. The van der Waals surface area contributed by atoms with Crippen molar-refractivity contribution in [2.45, 2.75) is 33.5 Å². The van der Waals surface area contributed by atoms with Crippen LogP contribution < -0.4 is 5.32 Å². The second-order valence-corrected chi connectivity index (χ2v) is 4.57. The van der Waals surface area contributed by atoms with E-state index in [9.17, 15) is 0 Å². The zero-order valence-electron chi connectivity index (χ0n) is 11.6. The molecule has 2 heterocycles. The number of hydrogen-bond donors (Lipinski definition) is 2.